The molecule has 1 heterocycles. The van der Waals surface area contributed by atoms with E-state index >= 15 is 0 Å². The van der Waals surface area contributed by atoms with Crippen LogP contribution in [0.1, 0.15) is 10.4 Å². The van der Waals surface area contributed by atoms with Crippen molar-refractivity contribution in [1.82, 2.24) is 10.2 Å². The Bertz CT molecular complexity index is 762. The van der Waals surface area contributed by atoms with Crippen molar-refractivity contribution in [2.45, 2.75) is 4.90 Å². The summed E-state index contributed by atoms with van der Waals surface area (Å²) in [6, 6.07) is 6.46. The van der Waals surface area contributed by atoms with Crippen molar-refractivity contribution in [2.75, 3.05) is 11.8 Å². The standard InChI is InChI=1S/C12H11N3O5S/c1-20-9-5-4-8(12(16)17)7-10(9)21(18,19)15-11-3-2-6-13-14-11/h2-7H,1H3,(H,14,15)(H,16,17). The second-order valence-electron chi connectivity index (χ2n) is 3.89. The van der Waals surface area contributed by atoms with Gasteiger partial charge in [0.05, 0.1) is 12.7 Å². The zero-order chi connectivity index (χ0) is 15.5. The van der Waals surface area contributed by atoms with E-state index in [0.29, 0.717) is 0 Å². The number of anilines is 1. The molecular weight excluding hydrogens is 298 g/mol. The number of sulfonamides is 1. The van der Waals surface area contributed by atoms with Crippen LogP contribution in [0.4, 0.5) is 5.82 Å². The summed E-state index contributed by atoms with van der Waals surface area (Å²) in [5, 5.41) is 16.1. The van der Waals surface area contributed by atoms with Crippen LogP contribution < -0.4 is 9.46 Å². The van der Waals surface area contributed by atoms with Crippen molar-refractivity contribution < 1.29 is 23.1 Å². The number of carboxylic acids is 1. The highest BCUT2D eigenvalue weighted by molar-refractivity contribution is 7.92. The van der Waals surface area contributed by atoms with E-state index in [1.54, 1.807) is 0 Å². The Morgan fingerprint density at radius 3 is 2.67 bits per heavy atom. The number of aromatic nitrogens is 2. The third-order valence-corrected chi connectivity index (χ3v) is 3.89. The van der Waals surface area contributed by atoms with Crippen LogP contribution in [-0.2, 0) is 10.0 Å². The van der Waals surface area contributed by atoms with Gasteiger partial charge in [-0.25, -0.2) is 13.2 Å². The maximum Gasteiger partial charge on any atom is 0.335 e. The third kappa shape index (κ3) is 3.26. The van der Waals surface area contributed by atoms with Gasteiger partial charge in [-0.3, -0.25) is 4.72 Å². The number of hydrogen-bond acceptors (Lipinski definition) is 6. The van der Waals surface area contributed by atoms with Crippen molar-refractivity contribution in [2.24, 2.45) is 0 Å². The zero-order valence-corrected chi connectivity index (χ0v) is 11.7. The fourth-order valence-electron chi connectivity index (χ4n) is 1.57. The van der Waals surface area contributed by atoms with Crippen LogP contribution in [0.2, 0.25) is 0 Å². The molecule has 0 aliphatic carbocycles. The number of nitrogens with one attached hydrogen (secondary N) is 1. The fourth-order valence-corrected chi connectivity index (χ4v) is 2.76. The molecule has 2 N–H and O–H groups in total. The highest BCUT2D eigenvalue weighted by Gasteiger charge is 2.22. The molecule has 9 heteroatoms. The second kappa shape index (κ2) is 5.75. The smallest absolute Gasteiger partial charge is 0.335 e. The molecule has 0 spiro atoms. The van der Waals surface area contributed by atoms with E-state index in [2.05, 4.69) is 14.9 Å². The number of nitrogens with zero attached hydrogens (tertiary/aromatic N) is 2. The van der Waals surface area contributed by atoms with Gasteiger partial charge in [-0.15, -0.1) is 5.10 Å². The summed E-state index contributed by atoms with van der Waals surface area (Å²) in [5.41, 5.74) is -0.171. The Labute approximate surface area is 120 Å². The molecule has 2 aromatic rings. The Balaban J connectivity index is 2.48. The van der Waals surface area contributed by atoms with E-state index < -0.39 is 16.0 Å². The SMILES string of the molecule is COc1ccc(C(=O)O)cc1S(=O)(=O)Nc1cccnn1. The minimum atomic E-state index is -4.05. The maximum absolute atomic E-state index is 12.3. The highest BCUT2D eigenvalue weighted by Crippen LogP contribution is 2.26. The molecule has 0 aliphatic heterocycles. The van der Waals surface area contributed by atoms with Gasteiger partial charge in [-0.05, 0) is 30.3 Å². The quantitative estimate of drug-likeness (QED) is 0.845. The monoisotopic (exact) mass is 309 g/mol. The molecule has 0 radical (unpaired) electrons. The summed E-state index contributed by atoms with van der Waals surface area (Å²) in [4.78, 5) is 10.7. The van der Waals surface area contributed by atoms with E-state index in [4.69, 9.17) is 9.84 Å². The first-order valence-corrected chi connectivity index (χ1v) is 7.14. The second-order valence-corrected chi connectivity index (χ2v) is 5.54. The minimum Gasteiger partial charge on any atom is -0.495 e. The van der Waals surface area contributed by atoms with Crippen molar-refractivity contribution >= 4 is 21.8 Å². The van der Waals surface area contributed by atoms with Gasteiger partial charge in [-0.1, -0.05) is 0 Å². The average Bonchev–Trinajstić information content (AvgIpc) is 2.47. The van der Waals surface area contributed by atoms with Crippen LogP contribution in [-0.4, -0.2) is 36.8 Å². The van der Waals surface area contributed by atoms with Crippen molar-refractivity contribution in [3.8, 4) is 5.75 Å². The molecule has 0 aliphatic rings. The number of rotatable bonds is 5. The summed E-state index contributed by atoms with van der Waals surface area (Å²) >= 11 is 0. The molecule has 1 aromatic carbocycles. The first kappa shape index (κ1) is 14.7. The molecule has 0 saturated carbocycles. The van der Waals surface area contributed by atoms with Crippen molar-refractivity contribution in [1.29, 1.82) is 0 Å². The number of benzene rings is 1. The molecule has 8 nitrogen and oxygen atoms in total. The molecule has 21 heavy (non-hydrogen) atoms. The molecule has 110 valence electrons. The zero-order valence-electron chi connectivity index (χ0n) is 10.8. The minimum absolute atomic E-state index is 0.0141. The van der Waals surface area contributed by atoms with Gasteiger partial charge in [0.2, 0.25) is 0 Å². The lowest BCUT2D eigenvalue weighted by molar-refractivity contribution is 0.0696. The molecule has 0 bridgehead atoms. The van der Waals surface area contributed by atoms with Crippen LogP contribution >= 0.6 is 0 Å². The first-order valence-electron chi connectivity index (χ1n) is 5.66. The van der Waals surface area contributed by atoms with E-state index in [1.165, 1.54) is 37.6 Å². The van der Waals surface area contributed by atoms with Gasteiger partial charge < -0.3 is 9.84 Å². The lowest BCUT2D eigenvalue weighted by Gasteiger charge is -2.11. The van der Waals surface area contributed by atoms with Gasteiger partial charge in [0.15, 0.2) is 5.82 Å². The first-order chi connectivity index (χ1) is 9.94. The lowest BCUT2D eigenvalue weighted by Crippen LogP contribution is -2.16. The van der Waals surface area contributed by atoms with Crippen LogP contribution in [0.3, 0.4) is 0 Å². The topological polar surface area (TPSA) is 118 Å². The number of aromatic carboxylic acids is 1. The molecule has 0 unspecified atom stereocenters. The molecule has 0 fully saturated rings. The maximum atomic E-state index is 12.3. The summed E-state index contributed by atoms with van der Waals surface area (Å²) in [5.74, 6) is -1.20. The van der Waals surface area contributed by atoms with Crippen LogP contribution in [0.25, 0.3) is 0 Å². The summed E-state index contributed by atoms with van der Waals surface area (Å²) in [6.45, 7) is 0. The molecular formula is C12H11N3O5S. The predicted octanol–water partition coefficient (Wildman–Crippen LogP) is 0.984. The summed E-state index contributed by atoms with van der Waals surface area (Å²) in [7, 11) is -2.76. The van der Waals surface area contributed by atoms with Crippen molar-refractivity contribution in [3.05, 3.63) is 42.1 Å². The molecule has 0 saturated heterocycles. The van der Waals surface area contributed by atoms with Crippen LogP contribution in [0.5, 0.6) is 5.75 Å². The van der Waals surface area contributed by atoms with Gasteiger partial charge in [0, 0.05) is 6.20 Å². The van der Waals surface area contributed by atoms with E-state index in [-0.39, 0.29) is 22.0 Å². The van der Waals surface area contributed by atoms with Gasteiger partial charge in [-0.2, -0.15) is 5.10 Å². The Hall–Kier alpha value is -2.68. The van der Waals surface area contributed by atoms with E-state index in [0.717, 1.165) is 6.07 Å². The highest BCUT2D eigenvalue weighted by atomic mass is 32.2. The van der Waals surface area contributed by atoms with Crippen LogP contribution in [0.15, 0.2) is 41.4 Å². The molecule has 2 rings (SSSR count). The number of methoxy groups -OCH3 is 1. The number of ether oxygens (including phenoxy) is 1. The Morgan fingerprint density at radius 1 is 1.33 bits per heavy atom. The van der Waals surface area contributed by atoms with E-state index in [9.17, 15) is 13.2 Å². The molecule has 0 amide bonds. The van der Waals surface area contributed by atoms with Crippen molar-refractivity contribution in [3.63, 3.8) is 0 Å². The van der Waals surface area contributed by atoms with Gasteiger partial charge in [0.25, 0.3) is 10.0 Å². The Morgan fingerprint density at radius 2 is 2.10 bits per heavy atom. The van der Waals surface area contributed by atoms with Gasteiger partial charge >= 0.3 is 5.97 Å². The normalized spacial score (nSPS) is 10.9. The predicted molar refractivity (Wildman–Crippen MR) is 72.8 cm³/mol. The Kier molecular flexibility index (Phi) is 4.03. The summed E-state index contributed by atoms with van der Waals surface area (Å²) in [6.07, 6.45) is 1.39. The largest absolute Gasteiger partial charge is 0.495 e. The van der Waals surface area contributed by atoms with Crippen LogP contribution in [0, 0.1) is 0 Å². The molecule has 0 atom stereocenters. The van der Waals surface area contributed by atoms with Gasteiger partial charge in [0.1, 0.15) is 10.6 Å². The number of carboxylic acid groups (broad SMARTS) is 1. The third-order valence-electron chi connectivity index (χ3n) is 2.51. The van der Waals surface area contributed by atoms with E-state index in [1.807, 2.05) is 0 Å². The average molecular weight is 309 g/mol. The number of hydrogen-bond donors (Lipinski definition) is 2. The fraction of sp³-hybridized carbons (Fsp3) is 0.0833. The lowest BCUT2D eigenvalue weighted by atomic mass is 10.2. The number of carbonyl (C=O) groups is 1. The summed E-state index contributed by atoms with van der Waals surface area (Å²) < 4.78 is 31.8. The molecule has 1 aromatic heterocycles.